The maximum Gasteiger partial charge on any atom is 0.220 e. The number of carbonyl (C=O) groups is 1. The molecule has 2 heteroatoms. The van der Waals surface area contributed by atoms with Gasteiger partial charge in [0.2, 0.25) is 5.91 Å². The minimum Gasteiger partial charge on any atom is -0.353 e. The van der Waals surface area contributed by atoms with Gasteiger partial charge in [-0.05, 0) is 43.9 Å². The molecule has 2 nitrogen and oxygen atoms in total. The van der Waals surface area contributed by atoms with E-state index in [2.05, 4.69) is 12.2 Å². The number of nitrogens with one attached hydrogen (secondary N) is 1. The summed E-state index contributed by atoms with van der Waals surface area (Å²) in [7, 11) is 0. The predicted molar refractivity (Wildman–Crippen MR) is 66.1 cm³/mol. The molecule has 2 unspecified atom stereocenters. The number of rotatable bonds is 3. The van der Waals surface area contributed by atoms with Crippen LogP contribution in [-0.4, -0.2) is 11.9 Å². The van der Waals surface area contributed by atoms with Gasteiger partial charge in [-0.1, -0.05) is 26.2 Å². The van der Waals surface area contributed by atoms with E-state index in [0.717, 1.165) is 12.3 Å². The van der Waals surface area contributed by atoms with E-state index in [4.69, 9.17) is 0 Å². The maximum absolute atomic E-state index is 11.9. The molecule has 16 heavy (non-hydrogen) atoms. The van der Waals surface area contributed by atoms with E-state index < -0.39 is 0 Å². The molecule has 0 bridgehead atoms. The number of hydrogen-bond donors (Lipinski definition) is 1. The normalized spacial score (nSPS) is 31.6. The smallest absolute Gasteiger partial charge is 0.220 e. The molecule has 2 fully saturated rings. The average Bonchev–Trinajstić information content (AvgIpc) is 2.65. The third-order valence-electron chi connectivity index (χ3n) is 4.26. The Balaban J connectivity index is 1.67. The summed E-state index contributed by atoms with van der Waals surface area (Å²) < 4.78 is 0. The highest BCUT2D eigenvalue weighted by Gasteiger charge is 2.24. The van der Waals surface area contributed by atoms with E-state index in [1.54, 1.807) is 0 Å². The van der Waals surface area contributed by atoms with E-state index in [9.17, 15) is 4.79 Å². The van der Waals surface area contributed by atoms with Crippen molar-refractivity contribution in [3.63, 3.8) is 0 Å². The highest BCUT2D eigenvalue weighted by atomic mass is 16.1. The van der Waals surface area contributed by atoms with Crippen LogP contribution in [0.3, 0.4) is 0 Å². The molecule has 0 saturated heterocycles. The van der Waals surface area contributed by atoms with Gasteiger partial charge in [-0.15, -0.1) is 0 Å². The molecule has 2 aliphatic rings. The second-order valence-corrected chi connectivity index (χ2v) is 5.89. The van der Waals surface area contributed by atoms with E-state index in [1.165, 1.54) is 51.4 Å². The number of hydrogen-bond acceptors (Lipinski definition) is 1. The topological polar surface area (TPSA) is 29.1 Å². The lowest BCUT2D eigenvalue weighted by Crippen LogP contribution is -2.34. The maximum atomic E-state index is 11.9. The summed E-state index contributed by atoms with van der Waals surface area (Å²) in [4.78, 5) is 11.9. The summed E-state index contributed by atoms with van der Waals surface area (Å²) >= 11 is 0. The zero-order valence-corrected chi connectivity index (χ0v) is 10.5. The molecule has 2 saturated carbocycles. The van der Waals surface area contributed by atoms with Crippen LogP contribution in [0.2, 0.25) is 0 Å². The average molecular weight is 223 g/mol. The Hall–Kier alpha value is -0.530. The molecule has 92 valence electrons. The van der Waals surface area contributed by atoms with Crippen molar-refractivity contribution in [3.8, 4) is 0 Å². The van der Waals surface area contributed by atoms with Crippen LogP contribution in [0, 0.1) is 11.8 Å². The second kappa shape index (κ2) is 5.70. The van der Waals surface area contributed by atoms with Crippen LogP contribution >= 0.6 is 0 Å². The monoisotopic (exact) mass is 223 g/mol. The van der Waals surface area contributed by atoms with Gasteiger partial charge in [0.05, 0.1) is 0 Å². The fourth-order valence-electron chi connectivity index (χ4n) is 3.28. The van der Waals surface area contributed by atoms with E-state index in [0.29, 0.717) is 17.9 Å². The molecule has 2 rings (SSSR count). The molecule has 0 radical (unpaired) electrons. The molecule has 1 N–H and O–H groups in total. The zero-order chi connectivity index (χ0) is 11.4. The molecule has 0 aromatic heterocycles. The summed E-state index contributed by atoms with van der Waals surface area (Å²) in [5.41, 5.74) is 0. The SMILES string of the molecule is CC1CCC(NC(=O)CC2CCCCC2)C1. The first-order valence-electron chi connectivity index (χ1n) is 7.03. The molecular weight excluding hydrogens is 198 g/mol. The van der Waals surface area contributed by atoms with Crippen molar-refractivity contribution in [2.45, 2.75) is 70.8 Å². The largest absolute Gasteiger partial charge is 0.353 e. The van der Waals surface area contributed by atoms with Gasteiger partial charge in [0.1, 0.15) is 0 Å². The summed E-state index contributed by atoms with van der Waals surface area (Å²) in [5.74, 6) is 1.79. The third kappa shape index (κ3) is 3.50. The zero-order valence-electron chi connectivity index (χ0n) is 10.5. The Labute approximate surface area is 99.2 Å². The fraction of sp³-hybridized carbons (Fsp3) is 0.929. The van der Waals surface area contributed by atoms with Crippen molar-refractivity contribution in [1.29, 1.82) is 0 Å². The van der Waals surface area contributed by atoms with Crippen molar-refractivity contribution < 1.29 is 4.79 Å². The molecule has 0 spiro atoms. The van der Waals surface area contributed by atoms with Gasteiger partial charge in [-0.25, -0.2) is 0 Å². The Kier molecular flexibility index (Phi) is 4.25. The lowest BCUT2D eigenvalue weighted by atomic mass is 9.87. The van der Waals surface area contributed by atoms with Crippen LogP contribution in [0.1, 0.15) is 64.7 Å². The summed E-state index contributed by atoms with van der Waals surface area (Å²) in [6.07, 6.45) is 11.0. The van der Waals surface area contributed by atoms with Crippen LogP contribution in [-0.2, 0) is 4.79 Å². The van der Waals surface area contributed by atoms with Gasteiger partial charge in [-0.3, -0.25) is 4.79 Å². The molecule has 0 heterocycles. The van der Waals surface area contributed by atoms with Crippen molar-refractivity contribution >= 4 is 5.91 Å². The van der Waals surface area contributed by atoms with Crippen LogP contribution in [0.15, 0.2) is 0 Å². The number of amides is 1. The molecule has 2 aliphatic carbocycles. The van der Waals surface area contributed by atoms with E-state index >= 15 is 0 Å². The van der Waals surface area contributed by atoms with Gasteiger partial charge in [-0.2, -0.15) is 0 Å². The Bertz CT molecular complexity index is 224. The van der Waals surface area contributed by atoms with Gasteiger partial charge in [0.15, 0.2) is 0 Å². The van der Waals surface area contributed by atoms with Crippen molar-refractivity contribution in [2.75, 3.05) is 0 Å². The predicted octanol–water partition coefficient (Wildman–Crippen LogP) is 3.26. The van der Waals surface area contributed by atoms with Crippen LogP contribution in [0.5, 0.6) is 0 Å². The molecule has 0 aliphatic heterocycles. The van der Waals surface area contributed by atoms with Crippen LogP contribution in [0.25, 0.3) is 0 Å². The van der Waals surface area contributed by atoms with Gasteiger partial charge in [0, 0.05) is 12.5 Å². The lowest BCUT2D eigenvalue weighted by molar-refractivity contribution is -0.122. The summed E-state index contributed by atoms with van der Waals surface area (Å²) in [6, 6.07) is 0.478. The molecular formula is C14H25NO. The van der Waals surface area contributed by atoms with Crippen LogP contribution < -0.4 is 5.32 Å². The van der Waals surface area contributed by atoms with Gasteiger partial charge in [0.25, 0.3) is 0 Å². The Morgan fingerprint density at radius 3 is 2.50 bits per heavy atom. The van der Waals surface area contributed by atoms with Crippen molar-refractivity contribution in [3.05, 3.63) is 0 Å². The Morgan fingerprint density at radius 1 is 1.12 bits per heavy atom. The second-order valence-electron chi connectivity index (χ2n) is 5.89. The molecule has 0 aromatic rings. The lowest BCUT2D eigenvalue weighted by Gasteiger charge is -2.22. The summed E-state index contributed by atoms with van der Waals surface area (Å²) in [6.45, 7) is 2.29. The Morgan fingerprint density at radius 2 is 1.88 bits per heavy atom. The first kappa shape index (κ1) is 11.9. The van der Waals surface area contributed by atoms with Gasteiger partial charge >= 0.3 is 0 Å². The molecule has 1 amide bonds. The minimum absolute atomic E-state index is 0.311. The molecule has 2 atom stereocenters. The minimum atomic E-state index is 0.311. The molecule has 0 aromatic carbocycles. The number of carbonyl (C=O) groups excluding carboxylic acids is 1. The van der Waals surface area contributed by atoms with E-state index in [-0.39, 0.29) is 0 Å². The first-order chi connectivity index (χ1) is 7.74. The van der Waals surface area contributed by atoms with Crippen molar-refractivity contribution in [2.24, 2.45) is 11.8 Å². The van der Waals surface area contributed by atoms with Crippen molar-refractivity contribution in [1.82, 2.24) is 5.32 Å². The highest BCUT2D eigenvalue weighted by Crippen LogP contribution is 2.27. The van der Waals surface area contributed by atoms with Crippen LogP contribution in [0.4, 0.5) is 0 Å². The highest BCUT2D eigenvalue weighted by molar-refractivity contribution is 5.76. The summed E-state index contributed by atoms with van der Waals surface area (Å²) in [5, 5.41) is 3.22. The third-order valence-corrected chi connectivity index (χ3v) is 4.26. The first-order valence-corrected chi connectivity index (χ1v) is 7.03. The van der Waals surface area contributed by atoms with E-state index in [1.807, 2.05) is 0 Å². The quantitative estimate of drug-likeness (QED) is 0.781. The van der Waals surface area contributed by atoms with Gasteiger partial charge < -0.3 is 5.32 Å². The fourth-order valence-corrected chi connectivity index (χ4v) is 3.28. The standard InChI is InChI=1S/C14H25NO/c1-11-7-8-13(9-11)15-14(16)10-12-5-3-2-4-6-12/h11-13H,2-10H2,1H3,(H,15,16).